The van der Waals surface area contributed by atoms with Crippen LogP contribution in [0, 0.1) is 13.8 Å². The Kier molecular flexibility index (Phi) is 18.8. The number of hydrogen-bond acceptors (Lipinski definition) is 0. The maximum atomic E-state index is 3.44. The van der Waals surface area contributed by atoms with Gasteiger partial charge in [0, 0.05) is 0 Å². The first-order valence-corrected chi connectivity index (χ1v) is 2.41. The van der Waals surface area contributed by atoms with Crippen molar-refractivity contribution in [3.63, 3.8) is 0 Å². The van der Waals surface area contributed by atoms with Gasteiger partial charge in [0.1, 0.15) is 0 Å². The van der Waals surface area contributed by atoms with Crippen LogP contribution >= 0.6 is 0 Å². The van der Waals surface area contributed by atoms with Gasteiger partial charge < -0.3 is 0 Å². The fourth-order valence-corrected chi connectivity index (χ4v) is 0. The van der Waals surface area contributed by atoms with Gasteiger partial charge in [0.25, 0.3) is 0 Å². The van der Waals surface area contributed by atoms with Crippen molar-refractivity contribution in [3.8, 4) is 0 Å². The van der Waals surface area contributed by atoms with Crippen LogP contribution in [0.5, 0.6) is 0 Å². The van der Waals surface area contributed by atoms with Crippen molar-refractivity contribution < 1.29 is 16.5 Å². The third-order valence-electron chi connectivity index (χ3n) is 0. The molecule has 0 aliphatic carbocycles. The van der Waals surface area contributed by atoms with E-state index in [0.29, 0.717) is 0 Å². The quantitative estimate of drug-likeness (QED) is 0.386. The zero-order valence-electron chi connectivity index (χ0n) is 6.14. The topological polar surface area (TPSA) is 0 Å². The summed E-state index contributed by atoms with van der Waals surface area (Å²) < 4.78 is 0. The zero-order chi connectivity index (χ0) is 7.15. The van der Waals surface area contributed by atoms with E-state index in [2.05, 4.69) is 27.0 Å². The predicted molar refractivity (Wildman–Crippen MR) is 40.3 cm³/mol. The van der Waals surface area contributed by atoms with Gasteiger partial charge in [-0.05, 0) is 0 Å². The molecule has 56 valence electrons. The Morgan fingerprint density at radius 1 is 1.00 bits per heavy atom. The first-order valence-electron chi connectivity index (χ1n) is 2.41. The van der Waals surface area contributed by atoms with Gasteiger partial charge in [-0.25, -0.2) is 38.2 Å². The molecule has 0 heterocycles. The molecule has 0 nitrogen and oxygen atoms in total. The normalized spacial score (nSPS) is 5.56. The minimum atomic E-state index is 0. The van der Waals surface area contributed by atoms with E-state index in [1.165, 1.54) is 0 Å². The largest absolute Gasteiger partial charge is 2.00 e. The molecule has 0 aromatic carbocycles. The molecule has 0 atom stereocenters. The molecule has 0 saturated carbocycles. The molecule has 0 unspecified atom stereocenters. The van der Waals surface area contributed by atoms with E-state index in [4.69, 9.17) is 0 Å². The van der Waals surface area contributed by atoms with Gasteiger partial charge in [0.2, 0.25) is 0 Å². The van der Waals surface area contributed by atoms with Gasteiger partial charge in [-0.3, -0.25) is 0 Å². The minimum absolute atomic E-state index is 0. The Labute approximate surface area is 69.0 Å². The van der Waals surface area contributed by atoms with Crippen LogP contribution in [0.2, 0.25) is 0 Å². The van der Waals surface area contributed by atoms with E-state index in [1.54, 1.807) is 0 Å². The van der Waals surface area contributed by atoms with Gasteiger partial charge in [0.15, 0.2) is 0 Å². The molecule has 0 amide bonds. The Morgan fingerprint density at radius 2 is 1.00 bits per heavy atom. The van der Waals surface area contributed by atoms with E-state index < -0.39 is 0 Å². The van der Waals surface area contributed by atoms with Crippen LogP contribution < -0.4 is 0 Å². The maximum absolute atomic E-state index is 3.44. The molecule has 0 radical (unpaired) electrons. The number of allylic oxidation sites excluding steroid dienone is 2. The third kappa shape index (κ3) is 3070. The van der Waals surface area contributed by atoms with Crippen LogP contribution in [-0.2, 0) is 16.5 Å². The van der Waals surface area contributed by atoms with Crippen molar-refractivity contribution in [2.75, 3.05) is 0 Å². The summed E-state index contributed by atoms with van der Waals surface area (Å²) in [5.41, 5.74) is 1.83. The van der Waals surface area contributed by atoms with Gasteiger partial charge in [0.05, 0.1) is 0 Å². The molecule has 1 heteroatoms. The van der Waals surface area contributed by atoms with E-state index in [9.17, 15) is 0 Å². The smallest absolute Gasteiger partial charge is 0.242 e. The molecule has 0 saturated heterocycles. The summed E-state index contributed by atoms with van der Waals surface area (Å²) >= 11 is 0. The number of rotatable bonds is 0. The predicted octanol–water partition coefficient (Wildman–Crippen LogP) is 2.79. The fourth-order valence-electron chi connectivity index (χ4n) is 0. The zero-order valence-corrected chi connectivity index (χ0v) is 7.13. The van der Waals surface area contributed by atoms with Gasteiger partial charge in [-0.1, -0.05) is 13.8 Å². The van der Waals surface area contributed by atoms with E-state index in [-0.39, 0.29) is 16.5 Å². The van der Waals surface area contributed by atoms with Crippen molar-refractivity contribution in [1.29, 1.82) is 0 Å². The van der Waals surface area contributed by atoms with E-state index in [1.807, 2.05) is 13.8 Å². The van der Waals surface area contributed by atoms with Crippen molar-refractivity contribution in [2.24, 2.45) is 0 Å². The molecule has 0 aliphatic heterocycles. The van der Waals surface area contributed by atoms with Crippen LogP contribution in [-0.4, -0.2) is 0 Å². The first-order chi connectivity index (χ1) is 3.46. The fraction of sp³-hybridized carbons (Fsp3) is 0.250. The summed E-state index contributed by atoms with van der Waals surface area (Å²) in [5.74, 6) is 0. The van der Waals surface area contributed by atoms with Crippen molar-refractivity contribution >= 4 is 0 Å². The second-order valence-corrected chi connectivity index (χ2v) is 1.91. The van der Waals surface area contributed by atoms with Crippen molar-refractivity contribution in [3.05, 3.63) is 38.2 Å². The van der Waals surface area contributed by atoms with Crippen LogP contribution in [0.25, 0.3) is 0 Å². The Morgan fingerprint density at radius 3 is 1.00 bits per heavy atom. The maximum Gasteiger partial charge on any atom is 2.00 e. The standard InChI is InChI=1S/2C4H7.Ni/c2*1-4(2)3;/h2*1-2H2,3H3;/q2*-1;+2. The minimum Gasteiger partial charge on any atom is -0.242 e. The second-order valence-electron chi connectivity index (χ2n) is 1.91. The Balaban J connectivity index is -0.0000000720. The molecule has 0 N–H and O–H groups in total. The Hall–Kier alpha value is -0.286. The SMILES string of the molecule is C=C([CH2-])C.C=C([CH2-])C.[Ni+2]. The molecule has 0 bridgehead atoms. The third-order valence-corrected chi connectivity index (χ3v) is 0. The Bertz CT molecular complexity index is 62.6. The second kappa shape index (κ2) is 10.6. The molecule has 0 aliphatic rings. The summed E-state index contributed by atoms with van der Waals surface area (Å²) in [6, 6.07) is 0. The summed E-state index contributed by atoms with van der Waals surface area (Å²) in [5, 5.41) is 0. The molecule has 0 spiro atoms. The summed E-state index contributed by atoms with van der Waals surface area (Å²) in [7, 11) is 0. The molecular weight excluding hydrogens is 155 g/mol. The average molecular weight is 169 g/mol. The molecule has 0 aromatic rings. The molecule has 9 heavy (non-hydrogen) atoms. The van der Waals surface area contributed by atoms with E-state index in [0.717, 1.165) is 11.1 Å². The van der Waals surface area contributed by atoms with Crippen molar-refractivity contribution in [1.82, 2.24) is 0 Å². The molecule has 0 rings (SSSR count). The average Bonchev–Trinajstić information content (AvgIpc) is 1.25. The summed E-state index contributed by atoms with van der Waals surface area (Å²) in [4.78, 5) is 0. The first kappa shape index (κ1) is 15.9. The molecule has 0 fully saturated rings. The summed E-state index contributed by atoms with van der Waals surface area (Å²) in [6.07, 6.45) is 0. The van der Waals surface area contributed by atoms with Crippen LogP contribution in [0.3, 0.4) is 0 Å². The molecule has 0 aromatic heterocycles. The van der Waals surface area contributed by atoms with Gasteiger partial charge in [-0.2, -0.15) is 0 Å². The van der Waals surface area contributed by atoms with E-state index >= 15 is 0 Å². The molecular formula is C8H14Ni. The monoisotopic (exact) mass is 168 g/mol. The van der Waals surface area contributed by atoms with Gasteiger partial charge in [-0.15, -0.1) is 0 Å². The van der Waals surface area contributed by atoms with Crippen LogP contribution in [0.1, 0.15) is 13.8 Å². The van der Waals surface area contributed by atoms with Crippen LogP contribution in [0.15, 0.2) is 24.3 Å². The number of hydrogen-bond donors (Lipinski definition) is 0. The van der Waals surface area contributed by atoms with Crippen LogP contribution in [0.4, 0.5) is 0 Å². The summed E-state index contributed by atoms with van der Waals surface area (Å²) in [6.45, 7) is 17.5. The van der Waals surface area contributed by atoms with Crippen molar-refractivity contribution in [2.45, 2.75) is 13.8 Å². The van der Waals surface area contributed by atoms with Gasteiger partial charge >= 0.3 is 16.5 Å².